The summed E-state index contributed by atoms with van der Waals surface area (Å²) in [5.41, 5.74) is 4.98. The lowest BCUT2D eigenvalue weighted by Crippen LogP contribution is -2.37. The Morgan fingerprint density at radius 2 is 1.97 bits per heavy atom. The molecule has 2 unspecified atom stereocenters. The molecular weight excluding hydrogens is 434 g/mol. The minimum Gasteiger partial charge on any atom is -0.385 e. The van der Waals surface area contributed by atoms with Crippen molar-refractivity contribution in [2.45, 2.75) is 45.3 Å². The Hall–Kier alpha value is -2.00. The summed E-state index contributed by atoms with van der Waals surface area (Å²) in [6.07, 6.45) is 3.93. The van der Waals surface area contributed by atoms with Crippen molar-refractivity contribution in [3.63, 3.8) is 0 Å². The van der Waals surface area contributed by atoms with Gasteiger partial charge in [-0.15, -0.1) is 0 Å². The summed E-state index contributed by atoms with van der Waals surface area (Å²) in [6.45, 7) is 12.0. The number of aryl methyl sites for hydroxylation is 1. The zero-order valence-electron chi connectivity index (χ0n) is 20.1. The molecule has 4 rings (SSSR count). The van der Waals surface area contributed by atoms with E-state index >= 15 is 0 Å². The Bertz CT molecular complexity index is 913. The average molecular weight is 472 g/mol. The highest BCUT2D eigenvalue weighted by molar-refractivity contribution is 7.80. The molecule has 0 bridgehead atoms. The standard InChI is InChI=1S/C25H37N5O2S/c1-19-18-21(20(2)29(19)11-6-10-28-13-16-32-17-14-28)24-23(22-8-4-5-9-26-22)27-25(33)30(24)12-7-15-31-3/h4-5,8-9,18,23-24H,6-7,10-17H2,1-3H3,(H,27,33). The van der Waals surface area contributed by atoms with Crippen LogP contribution in [0.15, 0.2) is 30.5 Å². The fourth-order valence-corrected chi connectivity index (χ4v) is 5.44. The lowest BCUT2D eigenvalue weighted by Gasteiger charge is -2.28. The van der Waals surface area contributed by atoms with E-state index in [-0.39, 0.29) is 12.1 Å². The number of ether oxygens (including phenoxy) is 2. The van der Waals surface area contributed by atoms with Gasteiger partial charge in [0.1, 0.15) is 0 Å². The highest BCUT2D eigenvalue weighted by Crippen LogP contribution is 2.40. The molecule has 0 radical (unpaired) electrons. The van der Waals surface area contributed by atoms with Gasteiger partial charge in [-0.05, 0) is 62.7 Å². The maximum Gasteiger partial charge on any atom is 0.170 e. The smallest absolute Gasteiger partial charge is 0.170 e. The van der Waals surface area contributed by atoms with E-state index in [4.69, 9.17) is 21.7 Å². The Balaban J connectivity index is 1.56. The summed E-state index contributed by atoms with van der Waals surface area (Å²) >= 11 is 5.79. The van der Waals surface area contributed by atoms with Gasteiger partial charge in [-0.3, -0.25) is 9.88 Å². The van der Waals surface area contributed by atoms with Gasteiger partial charge < -0.3 is 24.3 Å². The van der Waals surface area contributed by atoms with E-state index in [9.17, 15) is 0 Å². The van der Waals surface area contributed by atoms with Gasteiger partial charge in [0.05, 0.1) is 31.0 Å². The Morgan fingerprint density at radius 1 is 1.15 bits per heavy atom. The van der Waals surface area contributed by atoms with Crippen LogP contribution in [0.25, 0.3) is 0 Å². The van der Waals surface area contributed by atoms with E-state index in [0.29, 0.717) is 0 Å². The summed E-state index contributed by atoms with van der Waals surface area (Å²) < 4.78 is 13.3. The van der Waals surface area contributed by atoms with Gasteiger partial charge in [-0.2, -0.15) is 0 Å². The number of nitrogens with one attached hydrogen (secondary N) is 1. The molecule has 4 heterocycles. The molecule has 0 aliphatic carbocycles. The number of hydrogen-bond acceptors (Lipinski definition) is 5. The van der Waals surface area contributed by atoms with Gasteiger partial charge >= 0.3 is 0 Å². The highest BCUT2D eigenvalue weighted by Gasteiger charge is 2.41. The van der Waals surface area contributed by atoms with E-state index in [1.165, 1.54) is 17.0 Å². The van der Waals surface area contributed by atoms with Crippen LogP contribution in [0.5, 0.6) is 0 Å². The predicted molar refractivity (Wildman–Crippen MR) is 134 cm³/mol. The molecule has 0 amide bonds. The number of rotatable bonds is 10. The van der Waals surface area contributed by atoms with Crippen molar-refractivity contribution in [3.05, 3.63) is 53.1 Å². The molecule has 2 aliphatic heterocycles. The Labute approximate surface area is 203 Å². The van der Waals surface area contributed by atoms with Gasteiger partial charge in [0.2, 0.25) is 0 Å². The largest absolute Gasteiger partial charge is 0.385 e. The second-order valence-corrected chi connectivity index (χ2v) is 9.34. The molecule has 1 N–H and O–H groups in total. The summed E-state index contributed by atoms with van der Waals surface area (Å²) in [5, 5.41) is 4.36. The molecule has 2 fully saturated rings. The molecule has 33 heavy (non-hydrogen) atoms. The molecular formula is C25H37N5O2S. The third kappa shape index (κ3) is 5.57. The van der Waals surface area contributed by atoms with Crippen molar-refractivity contribution in [1.29, 1.82) is 0 Å². The third-order valence-electron chi connectivity index (χ3n) is 6.84. The zero-order valence-corrected chi connectivity index (χ0v) is 20.9. The van der Waals surface area contributed by atoms with Crippen molar-refractivity contribution < 1.29 is 9.47 Å². The maximum absolute atomic E-state index is 5.79. The van der Waals surface area contributed by atoms with Gasteiger partial charge in [0.25, 0.3) is 0 Å². The lowest BCUT2D eigenvalue weighted by atomic mass is 9.96. The van der Waals surface area contributed by atoms with Crippen LogP contribution in [0.1, 0.15) is 47.6 Å². The molecule has 2 saturated heterocycles. The molecule has 0 spiro atoms. The van der Waals surface area contributed by atoms with Crippen LogP contribution in [0.2, 0.25) is 0 Å². The Kier molecular flexibility index (Phi) is 8.35. The van der Waals surface area contributed by atoms with Crippen LogP contribution in [-0.4, -0.2) is 77.6 Å². The van der Waals surface area contributed by atoms with Crippen LogP contribution in [0.3, 0.4) is 0 Å². The summed E-state index contributed by atoms with van der Waals surface area (Å²) in [5.74, 6) is 0. The highest BCUT2D eigenvalue weighted by atomic mass is 32.1. The number of pyridine rings is 1. The van der Waals surface area contributed by atoms with Crippen molar-refractivity contribution in [2.24, 2.45) is 0 Å². The lowest BCUT2D eigenvalue weighted by molar-refractivity contribution is 0.0369. The topological polar surface area (TPSA) is 54.8 Å². The quantitative estimate of drug-likeness (QED) is 0.422. The molecule has 0 saturated carbocycles. The van der Waals surface area contributed by atoms with Gasteiger partial charge in [0.15, 0.2) is 5.11 Å². The summed E-state index contributed by atoms with van der Waals surface area (Å²) in [6, 6.07) is 8.60. The first-order valence-corrected chi connectivity index (χ1v) is 12.4. The summed E-state index contributed by atoms with van der Waals surface area (Å²) in [7, 11) is 1.75. The number of nitrogens with zero attached hydrogens (tertiary/aromatic N) is 4. The van der Waals surface area contributed by atoms with E-state index in [0.717, 1.165) is 76.2 Å². The minimum atomic E-state index is 0.0311. The van der Waals surface area contributed by atoms with E-state index < -0.39 is 0 Å². The Morgan fingerprint density at radius 3 is 2.70 bits per heavy atom. The van der Waals surface area contributed by atoms with Gasteiger partial charge in [-0.1, -0.05) is 6.07 Å². The average Bonchev–Trinajstić information content (AvgIpc) is 3.31. The van der Waals surface area contributed by atoms with E-state index in [1.807, 2.05) is 18.3 Å². The monoisotopic (exact) mass is 471 g/mol. The molecule has 0 aromatic carbocycles. The normalized spacial score (nSPS) is 21.5. The molecule has 2 aromatic heterocycles. The first-order valence-electron chi connectivity index (χ1n) is 12.0. The number of aromatic nitrogens is 2. The molecule has 180 valence electrons. The van der Waals surface area contributed by atoms with Gasteiger partial charge in [-0.25, -0.2) is 0 Å². The fraction of sp³-hybridized carbons (Fsp3) is 0.600. The zero-order chi connectivity index (χ0) is 23.2. The predicted octanol–water partition coefficient (Wildman–Crippen LogP) is 3.23. The number of hydrogen-bond donors (Lipinski definition) is 1. The minimum absolute atomic E-state index is 0.0311. The molecule has 2 atom stereocenters. The number of thiocarbonyl (C=S) groups is 1. The fourth-order valence-electron chi connectivity index (χ4n) is 5.11. The summed E-state index contributed by atoms with van der Waals surface area (Å²) in [4.78, 5) is 9.50. The van der Waals surface area contributed by atoms with Crippen molar-refractivity contribution in [3.8, 4) is 0 Å². The van der Waals surface area contributed by atoms with Crippen LogP contribution < -0.4 is 5.32 Å². The first kappa shape index (κ1) is 24.1. The first-order chi connectivity index (χ1) is 16.1. The third-order valence-corrected chi connectivity index (χ3v) is 7.19. The second-order valence-electron chi connectivity index (χ2n) is 8.95. The maximum atomic E-state index is 5.79. The number of methoxy groups -OCH3 is 1. The van der Waals surface area contributed by atoms with Crippen molar-refractivity contribution in [1.82, 2.24) is 24.7 Å². The molecule has 2 aromatic rings. The second kappa shape index (κ2) is 11.4. The van der Waals surface area contributed by atoms with Crippen LogP contribution >= 0.6 is 12.2 Å². The molecule has 7 nitrogen and oxygen atoms in total. The van der Waals surface area contributed by atoms with E-state index in [1.54, 1.807) is 7.11 Å². The van der Waals surface area contributed by atoms with E-state index in [2.05, 4.69) is 50.6 Å². The number of morpholine rings is 1. The van der Waals surface area contributed by atoms with Crippen LogP contribution in [0, 0.1) is 13.8 Å². The van der Waals surface area contributed by atoms with Crippen molar-refractivity contribution in [2.75, 3.05) is 53.1 Å². The van der Waals surface area contributed by atoms with Gasteiger partial charge in [0, 0.05) is 64.0 Å². The van der Waals surface area contributed by atoms with Crippen LogP contribution in [0.4, 0.5) is 0 Å². The molecule has 2 aliphatic rings. The SMILES string of the molecule is COCCCN1C(=S)NC(c2ccccn2)C1c1cc(C)n(CCCN2CCOCC2)c1C. The van der Waals surface area contributed by atoms with Crippen LogP contribution in [-0.2, 0) is 16.0 Å². The molecule has 8 heteroatoms. The van der Waals surface area contributed by atoms with Crippen molar-refractivity contribution >= 4 is 17.3 Å².